The number of pyridine rings is 1. The summed E-state index contributed by atoms with van der Waals surface area (Å²) in [5.74, 6) is 1.53. The third kappa shape index (κ3) is 4.01. The standard InChI is InChI=1S/C21H24FN5/c1-2-9-26-10-12-27(13-11-26)20-8-5-17(14-23-20)21-24-15-19(25-21)16-3-6-18(22)7-4-16/h3-8,14-15H,2,9-13H2,1H3,(H,24,25). The Morgan fingerprint density at radius 1 is 1.00 bits per heavy atom. The van der Waals surface area contributed by atoms with Gasteiger partial charge in [0.15, 0.2) is 0 Å². The van der Waals surface area contributed by atoms with Gasteiger partial charge in [0, 0.05) is 49.7 Å². The number of imidazole rings is 1. The monoisotopic (exact) mass is 365 g/mol. The fourth-order valence-corrected chi connectivity index (χ4v) is 3.47. The van der Waals surface area contributed by atoms with Gasteiger partial charge in [-0.1, -0.05) is 6.92 Å². The van der Waals surface area contributed by atoms with E-state index >= 15 is 0 Å². The predicted molar refractivity (Wildman–Crippen MR) is 106 cm³/mol. The van der Waals surface area contributed by atoms with Gasteiger partial charge < -0.3 is 9.88 Å². The minimum absolute atomic E-state index is 0.246. The number of aromatic nitrogens is 3. The third-order valence-electron chi connectivity index (χ3n) is 4.98. The number of anilines is 1. The first-order valence-corrected chi connectivity index (χ1v) is 9.48. The van der Waals surface area contributed by atoms with Crippen LogP contribution in [-0.4, -0.2) is 52.6 Å². The van der Waals surface area contributed by atoms with Gasteiger partial charge in [0.2, 0.25) is 0 Å². The maximum Gasteiger partial charge on any atom is 0.139 e. The molecule has 6 heteroatoms. The number of hydrogen-bond acceptors (Lipinski definition) is 4. The third-order valence-corrected chi connectivity index (χ3v) is 4.98. The zero-order valence-electron chi connectivity index (χ0n) is 15.5. The maximum absolute atomic E-state index is 13.1. The Bertz CT molecular complexity index is 864. The number of rotatable bonds is 5. The minimum atomic E-state index is -0.246. The molecule has 3 aromatic rings. The van der Waals surface area contributed by atoms with Gasteiger partial charge >= 0.3 is 0 Å². The fourth-order valence-electron chi connectivity index (χ4n) is 3.47. The maximum atomic E-state index is 13.1. The van der Waals surface area contributed by atoms with Crippen LogP contribution in [0.1, 0.15) is 13.3 Å². The average molecular weight is 365 g/mol. The van der Waals surface area contributed by atoms with Gasteiger partial charge in [-0.15, -0.1) is 0 Å². The summed E-state index contributed by atoms with van der Waals surface area (Å²) in [7, 11) is 0. The molecule has 0 atom stereocenters. The number of halogens is 1. The smallest absolute Gasteiger partial charge is 0.139 e. The first kappa shape index (κ1) is 17.7. The van der Waals surface area contributed by atoms with E-state index < -0.39 is 0 Å². The minimum Gasteiger partial charge on any atom is -0.354 e. The SMILES string of the molecule is CCCN1CCN(c2ccc(-c3nc(-c4ccc(F)cc4)c[nH]3)cn2)CC1. The van der Waals surface area contributed by atoms with E-state index in [4.69, 9.17) is 0 Å². The van der Waals surface area contributed by atoms with Crippen LogP contribution >= 0.6 is 0 Å². The summed E-state index contributed by atoms with van der Waals surface area (Å²) in [5.41, 5.74) is 2.62. The van der Waals surface area contributed by atoms with Crippen LogP contribution in [0.4, 0.5) is 10.2 Å². The van der Waals surface area contributed by atoms with Crippen molar-refractivity contribution >= 4 is 5.82 Å². The molecule has 0 unspecified atom stereocenters. The fraction of sp³-hybridized carbons (Fsp3) is 0.333. The molecular formula is C21H24FN5. The van der Waals surface area contributed by atoms with Crippen molar-refractivity contribution in [2.24, 2.45) is 0 Å². The van der Waals surface area contributed by atoms with Gasteiger partial charge in [-0.25, -0.2) is 14.4 Å². The first-order valence-electron chi connectivity index (χ1n) is 9.48. The number of benzene rings is 1. The van der Waals surface area contributed by atoms with Crippen LogP contribution < -0.4 is 4.90 Å². The molecule has 0 aliphatic carbocycles. The molecule has 0 radical (unpaired) electrons. The lowest BCUT2D eigenvalue weighted by Gasteiger charge is -2.35. The first-order chi connectivity index (χ1) is 13.2. The topological polar surface area (TPSA) is 48.0 Å². The molecule has 1 aliphatic rings. The molecular weight excluding hydrogens is 341 g/mol. The van der Waals surface area contributed by atoms with Crippen molar-refractivity contribution in [3.63, 3.8) is 0 Å². The molecule has 0 spiro atoms. The van der Waals surface area contributed by atoms with Crippen LogP contribution in [0.3, 0.4) is 0 Å². The van der Waals surface area contributed by atoms with Gasteiger partial charge in [-0.2, -0.15) is 0 Å². The summed E-state index contributed by atoms with van der Waals surface area (Å²) in [6, 6.07) is 10.5. The van der Waals surface area contributed by atoms with Crippen LogP contribution in [0, 0.1) is 5.82 Å². The summed E-state index contributed by atoms with van der Waals surface area (Å²) in [5, 5.41) is 0. The molecule has 3 heterocycles. The summed E-state index contributed by atoms with van der Waals surface area (Å²) in [6.45, 7) is 7.62. The molecule has 1 N–H and O–H groups in total. The molecule has 2 aromatic heterocycles. The van der Waals surface area contributed by atoms with Gasteiger partial charge in [-0.05, 0) is 49.4 Å². The Kier molecular flexibility index (Phi) is 5.16. The number of piperazine rings is 1. The van der Waals surface area contributed by atoms with Crippen LogP contribution in [0.25, 0.3) is 22.6 Å². The Hall–Kier alpha value is -2.73. The van der Waals surface area contributed by atoms with Gasteiger partial charge in [0.25, 0.3) is 0 Å². The number of H-pyrrole nitrogens is 1. The second-order valence-corrected chi connectivity index (χ2v) is 6.87. The normalized spacial score (nSPS) is 15.3. The molecule has 0 bridgehead atoms. The van der Waals surface area contributed by atoms with Crippen molar-refractivity contribution in [2.45, 2.75) is 13.3 Å². The van der Waals surface area contributed by atoms with Crippen molar-refractivity contribution in [1.29, 1.82) is 0 Å². The molecule has 1 fully saturated rings. The van der Waals surface area contributed by atoms with Gasteiger partial charge in [0.1, 0.15) is 17.5 Å². The van der Waals surface area contributed by atoms with Gasteiger partial charge in [0.05, 0.1) is 5.69 Å². The second kappa shape index (κ2) is 7.88. The molecule has 0 amide bonds. The molecule has 5 nitrogen and oxygen atoms in total. The molecule has 27 heavy (non-hydrogen) atoms. The van der Waals surface area contributed by atoms with Crippen molar-refractivity contribution in [1.82, 2.24) is 19.9 Å². The van der Waals surface area contributed by atoms with Crippen molar-refractivity contribution < 1.29 is 4.39 Å². The molecule has 4 rings (SSSR count). The van der Waals surface area contributed by atoms with E-state index in [2.05, 4.69) is 37.7 Å². The van der Waals surface area contributed by atoms with E-state index in [1.165, 1.54) is 25.1 Å². The molecule has 140 valence electrons. The molecule has 1 aliphatic heterocycles. The van der Waals surface area contributed by atoms with Crippen molar-refractivity contribution in [2.75, 3.05) is 37.6 Å². The number of nitrogens with one attached hydrogen (secondary N) is 1. The van der Waals surface area contributed by atoms with Crippen LogP contribution in [0.5, 0.6) is 0 Å². The predicted octanol–water partition coefficient (Wildman–Crippen LogP) is 3.81. The largest absolute Gasteiger partial charge is 0.354 e. The zero-order valence-corrected chi connectivity index (χ0v) is 15.5. The van der Waals surface area contributed by atoms with Crippen LogP contribution in [0.15, 0.2) is 48.8 Å². The summed E-state index contributed by atoms with van der Waals surface area (Å²) in [4.78, 5) is 17.3. The van der Waals surface area contributed by atoms with E-state index in [9.17, 15) is 4.39 Å². The lowest BCUT2D eigenvalue weighted by molar-refractivity contribution is 0.258. The van der Waals surface area contributed by atoms with E-state index in [0.29, 0.717) is 0 Å². The van der Waals surface area contributed by atoms with E-state index in [0.717, 1.165) is 54.6 Å². The zero-order chi connectivity index (χ0) is 18.6. The van der Waals surface area contributed by atoms with Crippen LogP contribution in [0.2, 0.25) is 0 Å². The summed E-state index contributed by atoms with van der Waals surface area (Å²) < 4.78 is 13.1. The second-order valence-electron chi connectivity index (χ2n) is 6.87. The van der Waals surface area contributed by atoms with Gasteiger partial charge in [-0.3, -0.25) is 4.90 Å². The quantitative estimate of drug-likeness (QED) is 0.747. The molecule has 1 saturated heterocycles. The number of aromatic amines is 1. The summed E-state index contributed by atoms with van der Waals surface area (Å²) >= 11 is 0. The highest BCUT2D eigenvalue weighted by Crippen LogP contribution is 2.23. The Morgan fingerprint density at radius 2 is 1.74 bits per heavy atom. The molecule has 1 aromatic carbocycles. The molecule has 0 saturated carbocycles. The summed E-state index contributed by atoms with van der Waals surface area (Å²) in [6.07, 6.45) is 4.90. The average Bonchev–Trinajstić information content (AvgIpc) is 3.20. The highest BCUT2D eigenvalue weighted by atomic mass is 19.1. The van der Waals surface area contributed by atoms with E-state index in [1.54, 1.807) is 12.1 Å². The Balaban J connectivity index is 1.44. The number of hydrogen-bond donors (Lipinski definition) is 1. The Morgan fingerprint density at radius 3 is 2.41 bits per heavy atom. The van der Waals surface area contributed by atoms with Crippen molar-refractivity contribution in [3.8, 4) is 22.6 Å². The lowest BCUT2D eigenvalue weighted by Crippen LogP contribution is -2.46. The van der Waals surface area contributed by atoms with Crippen molar-refractivity contribution in [3.05, 3.63) is 54.6 Å². The highest BCUT2D eigenvalue weighted by Gasteiger charge is 2.17. The van der Waals surface area contributed by atoms with Crippen LogP contribution in [-0.2, 0) is 0 Å². The highest BCUT2D eigenvalue weighted by molar-refractivity contribution is 5.64. The Labute approximate surface area is 158 Å². The lowest BCUT2D eigenvalue weighted by atomic mass is 10.2. The number of nitrogens with zero attached hydrogens (tertiary/aromatic N) is 4. The van der Waals surface area contributed by atoms with E-state index in [1.807, 2.05) is 18.5 Å². The van der Waals surface area contributed by atoms with E-state index in [-0.39, 0.29) is 5.82 Å².